The lowest BCUT2D eigenvalue weighted by molar-refractivity contribution is -0.278. The summed E-state index contributed by atoms with van der Waals surface area (Å²) in [6.45, 7) is 1.59. The molecule has 8 nitrogen and oxygen atoms in total. The third kappa shape index (κ3) is 5.98. The number of benzene rings is 2. The Labute approximate surface area is 187 Å². The maximum absolute atomic E-state index is 11.7. The zero-order valence-corrected chi connectivity index (χ0v) is 18.2. The molecule has 1 heterocycles. The first-order chi connectivity index (χ1) is 15.4. The molecular formula is C24H30O8. The molecule has 3 rings (SSSR count). The molecule has 1 fully saturated rings. The fourth-order valence-corrected chi connectivity index (χ4v) is 3.46. The predicted molar refractivity (Wildman–Crippen MR) is 115 cm³/mol. The van der Waals surface area contributed by atoms with Gasteiger partial charge in [0.05, 0.1) is 7.11 Å². The zero-order valence-electron chi connectivity index (χ0n) is 18.2. The van der Waals surface area contributed by atoms with Gasteiger partial charge in [0.15, 0.2) is 0 Å². The van der Waals surface area contributed by atoms with Gasteiger partial charge in [0.1, 0.15) is 42.5 Å². The number of aliphatic hydroxyl groups is 3. The van der Waals surface area contributed by atoms with Crippen molar-refractivity contribution in [2.24, 2.45) is 0 Å². The molecule has 0 unspecified atom stereocenters. The van der Waals surface area contributed by atoms with Crippen LogP contribution in [0.3, 0.4) is 0 Å². The molecule has 3 N–H and O–H groups in total. The van der Waals surface area contributed by atoms with E-state index in [1.165, 1.54) is 0 Å². The van der Waals surface area contributed by atoms with Crippen molar-refractivity contribution in [1.29, 1.82) is 0 Å². The molecule has 8 heteroatoms. The highest BCUT2D eigenvalue weighted by Crippen LogP contribution is 2.28. The Balaban J connectivity index is 1.71. The number of rotatable bonds is 9. The minimum Gasteiger partial charge on any atom is -0.497 e. The number of methoxy groups -OCH3 is 1. The molecule has 1 aliphatic heterocycles. The molecule has 1 aliphatic rings. The van der Waals surface area contributed by atoms with Gasteiger partial charge in [-0.2, -0.15) is 0 Å². The van der Waals surface area contributed by atoms with Gasteiger partial charge in [-0.1, -0.05) is 37.3 Å². The molecule has 0 saturated carbocycles. The van der Waals surface area contributed by atoms with Crippen LogP contribution in [0.2, 0.25) is 0 Å². The quantitative estimate of drug-likeness (QED) is 0.500. The van der Waals surface area contributed by atoms with E-state index < -0.39 is 36.7 Å². The highest BCUT2D eigenvalue weighted by atomic mass is 16.7. The second kappa shape index (κ2) is 11.3. The van der Waals surface area contributed by atoms with Gasteiger partial charge in [-0.15, -0.1) is 0 Å². The van der Waals surface area contributed by atoms with Crippen LogP contribution in [0.15, 0.2) is 48.5 Å². The largest absolute Gasteiger partial charge is 0.497 e. The molecule has 0 amide bonds. The molecule has 5 atom stereocenters. The number of ether oxygens (including phenoxy) is 4. The maximum atomic E-state index is 11.7. The molecule has 2 aromatic rings. The molecule has 1 saturated heterocycles. The number of carbonyl (C=O) groups is 1. The summed E-state index contributed by atoms with van der Waals surface area (Å²) in [6.07, 6.45) is -5.27. The van der Waals surface area contributed by atoms with Crippen LogP contribution in [0, 0.1) is 0 Å². The fourth-order valence-electron chi connectivity index (χ4n) is 3.46. The minimum atomic E-state index is -1.52. The smallest absolute Gasteiger partial charge is 0.305 e. The monoisotopic (exact) mass is 446 g/mol. The molecule has 0 aromatic heterocycles. The number of carbonyl (C=O) groups excluding carboxylic acids is 1. The van der Waals surface area contributed by atoms with Gasteiger partial charge in [-0.05, 0) is 35.7 Å². The van der Waals surface area contributed by atoms with E-state index in [9.17, 15) is 20.1 Å². The van der Waals surface area contributed by atoms with Crippen LogP contribution in [0.25, 0.3) is 0 Å². The van der Waals surface area contributed by atoms with Crippen LogP contribution in [-0.2, 0) is 20.7 Å². The van der Waals surface area contributed by atoms with Crippen molar-refractivity contribution < 1.29 is 39.1 Å². The zero-order chi connectivity index (χ0) is 23.1. The van der Waals surface area contributed by atoms with E-state index >= 15 is 0 Å². The Morgan fingerprint density at radius 2 is 1.72 bits per heavy atom. The summed E-state index contributed by atoms with van der Waals surface area (Å²) in [4.78, 5) is 11.7. The Morgan fingerprint density at radius 3 is 2.41 bits per heavy atom. The van der Waals surface area contributed by atoms with Crippen LogP contribution < -0.4 is 9.47 Å². The van der Waals surface area contributed by atoms with Gasteiger partial charge in [0.25, 0.3) is 0 Å². The third-order valence-corrected chi connectivity index (χ3v) is 5.30. The lowest BCUT2D eigenvalue weighted by Gasteiger charge is -2.40. The summed E-state index contributed by atoms with van der Waals surface area (Å²) in [5.41, 5.74) is 1.88. The van der Waals surface area contributed by atoms with Crippen LogP contribution in [0.4, 0.5) is 0 Å². The molecule has 0 spiro atoms. The van der Waals surface area contributed by atoms with Gasteiger partial charge in [-0.25, -0.2) is 0 Å². The van der Waals surface area contributed by atoms with E-state index in [0.717, 1.165) is 16.9 Å². The lowest BCUT2D eigenvalue weighted by Crippen LogP contribution is -2.60. The first-order valence-corrected chi connectivity index (χ1v) is 10.7. The second-order valence-electron chi connectivity index (χ2n) is 7.70. The van der Waals surface area contributed by atoms with Crippen LogP contribution >= 0.6 is 0 Å². The van der Waals surface area contributed by atoms with Crippen LogP contribution in [-0.4, -0.2) is 65.7 Å². The molecule has 0 aliphatic carbocycles. The predicted octanol–water partition coefficient (Wildman–Crippen LogP) is 1.82. The minimum absolute atomic E-state index is 0.243. The Bertz CT molecular complexity index is 869. The number of aliphatic hydroxyl groups excluding tert-OH is 3. The van der Waals surface area contributed by atoms with Crippen LogP contribution in [0.5, 0.6) is 11.5 Å². The second-order valence-corrected chi connectivity index (χ2v) is 7.70. The molecule has 174 valence electrons. The Morgan fingerprint density at radius 1 is 1.00 bits per heavy atom. The van der Waals surface area contributed by atoms with Gasteiger partial charge in [0, 0.05) is 12.8 Å². The van der Waals surface area contributed by atoms with Gasteiger partial charge in [-0.3, -0.25) is 4.79 Å². The van der Waals surface area contributed by atoms with E-state index in [4.69, 9.17) is 18.9 Å². The van der Waals surface area contributed by atoms with Crippen molar-refractivity contribution in [3.05, 3.63) is 59.7 Å². The van der Waals surface area contributed by atoms with Crippen molar-refractivity contribution in [1.82, 2.24) is 0 Å². The highest BCUT2D eigenvalue weighted by molar-refractivity contribution is 5.69. The molecule has 0 bridgehead atoms. The number of esters is 1. The Hall–Kier alpha value is -2.65. The SMILES string of the molecule is CCCC(=O)OC[C@H]1O[C@H](Oc2ccccc2Cc2ccc(OC)cc2)[C@H](O)[C@@H](O)[C@@H]1O. The van der Waals surface area contributed by atoms with E-state index in [1.807, 2.05) is 43.3 Å². The van der Waals surface area contributed by atoms with Gasteiger partial charge < -0.3 is 34.3 Å². The summed E-state index contributed by atoms with van der Waals surface area (Å²) in [6, 6.07) is 14.9. The van der Waals surface area contributed by atoms with Crippen molar-refractivity contribution >= 4 is 5.97 Å². The summed E-state index contributed by atoms with van der Waals surface area (Å²) < 4.78 is 21.9. The summed E-state index contributed by atoms with van der Waals surface area (Å²) >= 11 is 0. The Kier molecular flexibility index (Phi) is 8.46. The van der Waals surface area contributed by atoms with E-state index in [2.05, 4.69) is 0 Å². The highest BCUT2D eigenvalue weighted by Gasteiger charge is 2.45. The normalized spacial score (nSPS) is 25.2. The van der Waals surface area contributed by atoms with Crippen molar-refractivity contribution in [2.75, 3.05) is 13.7 Å². The first-order valence-electron chi connectivity index (χ1n) is 10.7. The fraction of sp³-hybridized carbons (Fsp3) is 0.458. The average molecular weight is 446 g/mol. The molecule has 0 radical (unpaired) electrons. The third-order valence-electron chi connectivity index (χ3n) is 5.30. The van der Waals surface area contributed by atoms with Crippen molar-refractivity contribution in [2.45, 2.75) is 56.9 Å². The van der Waals surface area contributed by atoms with E-state index in [1.54, 1.807) is 19.2 Å². The van der Waals surface area contributed by atoms with E-state index in [-0.39, 0.29) is 13.0 Å². The van der Waals surface area contributed by atoms with Crippen molar-refractivity contribution in [3.63, 3.8) is 0 Å². The molecule has 32 heavy (non-hydrogen) atoms. The molecular weight excluding hydrogens is 416 g/mol. The number of hydrogen-bond acceptors (Lipinski definition) is 8. The molecule has 2 aromatic carbocycles. The first kappa shape index (κ1) is 24.0. The standard InChI is InChI=1S/C24H30O8/c1-3-6-20(25)30-14-19-21(26)22(27)23(28)24(32-19)31-18-8-5-4-7-16(18)13-15-9-11-17(29-2)12-10-15/h4-5,7-12,19,21-24,26-28H,3,6,13-14H2,1-2H3/t19-,21-,22+,23-,24+/m1/s1. The van der Waals surface area contributed by atoms with Crippen LogP contribution in [0.1, 0.15) is 30.9 Å². The van der Waals surface area contributed by atoms with Crippen molar-refractivity contribution in [3.8, 4) is 11.5 Å². The summed E-state index contributed by atoms with van der Waals surface area (Å²) in [7, 11) is 1.61. The topological polar surface area (TPSA) is 115 Å². The summed E-state index contributed by atoms with van der Waals surface area (Å²) in [5, 5.41) is 30.9. The van der Waals surface area contributed by atoms with Gasteiger partial charge in [0.2, 0.25) is 6.29 Å². The lowest BCUT2D eigenvalue weighted by atomic mass is 9.99. The summed E-state index contributed by atoms with van der Waals surface area (Å²) in [5.74, 6) is 0.805. The average Bonchev–Trinajstić information content (AvgIpc) is 2.80. The number of hydrogen-bond donors (Lipinski definition) is 3. The number of para-hydroxylation sites is 1. The van der Waals surface area contributed by atoms with Gasteiger partial charge >= 0.3 is 5.97 Å². The maximum Gasteiger partial charge on any atom is 0.305 e. The van der Waals surface area contributed by atoms with E-state index in [0.29, 0.717) is 18.6 Å².